The van der Waals surface area contributed by atoms with E-state index in [4.69, 9.17) is 4.74 Å². The predicted molar refractivity (Wildman–Crippen MR) is 135 cm³/mol. The minimum Gasteiger partial charge on any atom is -0.497 e. The fourth-order valence-corrected chi connectivity index (χ4v) is 5.23. The van der Waals surface area contributed by atoms with Crippen molar-refractivity contribution in [3.8, 4) is 5.75 Å². The molecule has 40 heavy (non-hydrogen) atoms. The molecule has 2 unspecified atom stereocenters. The molecule has 3 aromatic rings. The van der Waals surface area contributed by atoms with Crippen molar-refractivity contribution in [1.82, 2.24) is 0 Å². The van der Waals surface area contributed by atoms with Crippen molar-refractivity contribution in [2.24, 2.45) is 0 Å². The number of nitrogens with zero attached hydrogens (tertiary/aromatic N) is 1. The third-order valence-electron chi connectivity index (χ3n) is 7.09. The van der Waals surface area contributed by atoms with Crippen molar-refractivity contribution in [2.45, 2.75) is 37.2 Å². The second kappa shape index (κ2) is 10.0. The van der Waals surface area contributed by atoms with E-state index in [2.05, 4.69) is 5.32 Å². The first-order chi connectivity index (χ1) is 18.9. The smallest absolute Gasteiger partial charge is 0.471 e. The molecule has 0 spiro atoms. The Morgan fingerprint density at radius 2 is 1.50 bits per heavy atom. The lowest BCUT2D eigenvalue weighted by Crippen LogP contribution is -2.45. The van der Waals surface area contributed by atoms with E-state index >= 15 is 0 Å². The third kappa shape index (κ3) is 5.03. The van der Waals surface area contributed by atoms with Gasteiger partial charge < -0.3 is 10.1 Å². The average molecular weight is 560 g/mol. The number of fused-ring (bicyclic) bond motifs is 1. The van der Waals surface area contributed by atoms with Gasteiger partial charge in [0.2, 0.25) is 0 Å². The molecule has 1 aliphatic heterocycles. The Bertz CT molecular complexity index is 1480. The number of hydrogen-bond acceptors (Lipinski definition) is 4. The normalized spacial score (nSPS) is 19.4. The number of alkyl halides is 6. The maximum Gasteiger partial charge on any atom is 0.471 e. The number of rotatable bonds is 3. The molecule has 5 rings (SSSR count). The van der Waals surface area contributed by atoms with E-state index in [1.807, 2.05) is 0 Å². The Morgan fingerprint density at radius 1 is 0.875 bits per heavy atom. The van der Waals surface area contributed by atoms with Gasteiger partial charge in [0.25, 0.3) is 0 Å². The van der Waals surface area contributed by atoms with Crippen LogP contribution in [0.1, 0.15) is 41.5 Å². The summed E-state index contributed by atoms with van der Waals surface area (Å²) in [7, 11) is 1.42. The summed E-state index contributed by atoms with van der Waals surface area (Å²) in [6.45, 7) is 0. The molecule has 0 aromatic heterocycles. The number of amides is 1. The highest BCUT2D eigenvalue weighted by Crippen LogP contribution is 2.48. The lowest BCUT2D eigenvalue weighted by Gasteiger charge is -2.35. The number of anilines is 2. The molecule has 1 amide bonds. The molecule has 1 heterocycles. The van der Waals surface area contributed by atoms with Gasteiger partial charge in [0, 0.05) is 17.7 Å². The van der Waals surface area contributed by atoms with E-state index in [0.717, 1.165) is 12.1 Å². The number of nitrogens with one attached hydrogen (secondary N) is 1. The van der Waals surface area contributed by atoms with Gasteiger partial charge in [0.05, 0.1) is 30.1 Å². The van der Waals surface area contributed by atoms with Gasteiger partial charge in [-0.1, -0.05) is 36.4 Å². The number of ether oxygens (including phenoxy) is 1. The van der Waals surface area contributed by atoms with Gasteiger partial charge in [-0.3, -0.25) is 14.5 Å². The van der Waals surface area contributed by atoms with E-state index in [0.29, 0.717) is 21.9 Å². The van der Waals surface area contributed by atoms with Crippen molar-refractivity contribution >= 4 is 23.1 Å². The maximum absolute atomic E-state index is 14.0. The minimum absolute atomic E-state index is 0.0119. The fraction of sp³-hybridized carbons (Fsp3) is 0.241. The molecule has 2 aliphatic rings. The summed E-state index contributed by atoms with van der Waals surface area (Å²) >= 11 is 0. The van der Waals surface area contributed by atoms with Gasteiger partial charge in [-0.05, 0) is 59.9 Å². The summed E-state index contributed by atoms with van der Waals surface area (Å²) < 4.78 is 86.3. The Hall–Kier alpha value is -4.28. The molecule has 0 fully saturated rings. The quantitative estimate of drug-likeness (QED) is 0.345. The van der Waals surface area contributed by atoms with E-state index < -0.39 is 41.6 Å². The highest BCUT2D eigenvalue weighted by molar-refractivity contribution is 6.07. The summed E-state index contributed by atoms with van der Waals surface area (Å²) in [4.78, 5) is 27.3. The monoisotopic (exact) mass is 560 g/mol. The number of hydrogen-bond donors (Lipinski definition) is 1. The van der Waals surface area contributed by atoms with Crippen LogP contribution in [0.15, 0.2) is 84.1 Å². The first-order valence-electron chi connectivity index (χ1n) is 12.2. The van der Waals surface area contributed by atoms with Crippen LogP contribution in [-0.2, 0) is 15.8 Å². The Labute approximate surface area is 225 Å². The maximum atomic E-state index is 14.0. The first kappa shape index (κ1) is 27.3. The number of carbonyl (C=O) groups is 2. The largest absolute Gasteiger partial charge is 0.497 e. The third-order valence-corrected chi connectivity index (χ3v) is 7.09. The summed E-state index contributed by atoms with van der Waals surface area (Å²) in [5.41, 5.74) is 0.306. The van der Waals surface area contributed by atoms with E-state index in [9.17, 15) is 35.9 Å². The summed E-state index contributed by atoms with van der Waals surface area (Å²) in [6, 6.07) is 15.0. The van der Waals surface area contributed by atoms with E-state index in [1.165, 1.54) is 61.7 Å². The number of allylic oxidation sites excluding steroid dienone is 1. The molecule has 3 aromatic carbocycles. The molecule has 1 aliphatic carbocycles. The number of para-hydroxylation sites is 2. The zero-order valence-electron chi connectivity index (χ0n) is 20.9. The van der Waals surface area contributed by atoms with Crippen LogP contribution in [0, 0.1) is 0 Å². The Kier molecular flexibility index (Phi) is 6.85. The van der Waals surface area contributed by atoms with Gasteiger partial charge in [0.1, 0.15) is 5.75 Å². The summed E-state index contributed by atoms with van der Waals surface area (Å²) in [5.74, 6) is -2.77. The molecule has 0 radical (unpaired) electrons. The number of Topliss-reactive ketones (excluding diaryl/α,β-unsaturated/α-hetero) is 1. The number of halogens is 6. The van der Waals surface area contributed by atoms with Crippen molar-refractivity contribution in [3.63, 3.8) is 0 Å². The molecule has 5 nitrogen and oxygen atoms in total. The Morgan fingerprint density at radius 3 is 2.10 bits per heavy atom. The molecular weight excluding hydrogens is 538 g/mol. The topological polar surface area (TPSA) is 58.6 Å². The van der Waals surface area contributed by atoms with Gasteiger partial charge in [0.15, 0.2) is 5.78 Å². The number of benzene rings is 3. The lowest BCUT2D eigenvalue weighted by atomic mass is 9.78. The van der Waals surface area contributed by atoms with Gasteiger partial charge in [-0.25, -0.2) is 0 Å². The molecular formula is C29H22F6N2O3. The fourth-order valence-electron chi connectivity index (χ4n) is 5.23. The van der Waals surface area contributed by atoms with Crippen LogP contribution in [0.4, 0.5) is 37.7 Å². The number of ketones is 1. The molecule has 0 bridgehead atoms. The van der Waals surface area contributed by atoms with Crippen LogP contribution in [0.5, 0.6) is 5.75 Å². The molecule has 1 N–H and O–H groups in total. The van der Waals surface area contributed by atoms with Gasteiger partial charge >= 0.3 is 18.3 Å². The van der Waals surface area contributed by atoms with Gasteiger partial charge in [-0.15, -0.1) is 0 Å². The standard InChI is InChI=1S/C29H22F6N2O3/c1-40-20-12-8-17(9-13-20)26-25-22(36-21-4-2-3-5-23(21)37(26)27(39)29(33,34)35)14-18(15-24(25)38)16-6-10-19(11-7-16)28(30,31)32/h2-13,18,26,36H,14-15H2,1H3. The van der Waals surface area contributed by atoms with Crippen molar-refractivity contribution in [3.05, 3.63) is 101 Å². The molecule has 0 saturated carbocycles. The highest BCUT2D eigenvalue weighted by atomic mass is 19.4. The zero-order chi connectivity index (χ0) is 28.8. The predicted octanol–water partition coefficient (Wildman–Crippen LogP) is 7.18. The number of carbonyl (C=O) groups excluding carboxylic acids is 2. The van der Waals surface area contributed by atoms with Crippen LogP contribution in [0.2, 0.25) is 0 Å². The second-order valence-corrected chi connectivity index (χ2v) is 9.53. The first-order valence-corrected chi connectivity index (χ1v) is 12.2. The zero-order valence-corrected chi connectivity index (χ0v) is 20.9. The highest BCUT2D eigenvalue weighted by Gasteiger charge is 2.50. The molecule has 208 valence electrons. The van der Waals surface area contributed by atoms with E-state index in [-0.39, 0.29) is 35.4 Å². The summed E-state index contributed by atoms with van der Waals surface area (Å²) in [6.07, 6.45) is -9.81. The van der Waals surface area contributed by atoms with Crippen LogP contribution in [-0.4, -0.2) is 25.0 Å². The Balaban J connectivity index is 1.67. The van der Waals surface area contributed by atoms with Crippen molar-refractivity contribution < 1.29 is 40.7 Å². The molecule has 2 atom stereocenters. The van der Waals surface area contributed by atoms with Crippen LogP contribution >= 0.6 is 0 Å². The van der Waals surface area contributed by atoms with Crippen molar-refractivity contribution in [1.29, 1.82) is 0 Å². The lowest BCUT2D eigenvalue weighted by molar-refractivity contribution is -0.170. The SMILES string of the molecule is COc1ccc(C2C3=C(CC(c4ccc(C(F)(F)F)cc4)CC3=O)Nc3ccccc3N2C(=O)C(F)(F)F)cc1. The van der Waals surface area contributed by atoms with E-state index in [1.54, 1.807) is 6.07 Å². The molecule has 11 heteroatoms. The van der Waals surface area contributed by atoms with Gasteiger partial charge in [-0.2, -0.15) is 26.3 Å². The second-order valence-electron chi connectivity index (χ2n) is 9.53. The average Bonchev–Trinajstić information content (AvgIpc) is 3.06. The van der Waals surface area contributed by atoms with Crippen LogP contribution in [0.25, 0.3) is 0 Å². The van der Waals surface area contributed by atoms with Crippen LogP contribution < -0.4 is 15.0 Å². The van der Waals surface area contributed by atoms with Crippen molar-refractivity contribution in [2.75, 3.05) is 17.3 Å². The molecule has 0 saturated heterocycles. The number of methoxy groups -OCH3 is 1. The van der Waals surface area contributed by atoms with Crippen LogP contribution in [0.3, 0.4) is 0 Å². The minimum atomic E-state index is -5.25. The summed E-state index contributed by atoms with van der Waals surface area (Å²) in [5, 5.41) is 3.08.